The molecule has 3 aliphatic rings. The Morgan fingerprint density at radius 2 is 1.86 bits per heavy atom. The van der Waals surface area contributed by atoms with Crippen LogP contribution in [0.1, 0.15) is 66.7 Å². The second kappa shape index (κ2) is 7.56. The summed E-state index contributed by atoms with van der Waals surface area (Å²) in [5.74, 6) is 2.56. The second-order valence-electron chi connectivity index (χ2n) is 9.81. The highest BCUT2D eigenvalue weighted by molar-refractivity contribution is 14.1. The first-order chi connectivity index (χ1) is 14.0. The quantitative estimate of drug-likeness (QED) is 0.401. The molecule has 2 fully saturated rings. The normalized spacial score (nSPS) is 35.6. The molecule has 0 spiro atoms. The van der Waals surface area contributed by atoms with Gasteiger partial charge in [-0.25, -0.2) is 0 Å². The van der Waals surface area contributed by atoms with E-state index in [0.717, 1.165) is 36.5 Å². The third-order valence-corrected chi connectivity index (χ3v) is 8.99. The van der Waals surface area contributed by atoms with E-state index in [-0.39, 0.29) is 11.5 Å². The summed E-state index contributed by atoms with van der Waals surface area (Å²) in [4.78, 5) is 0. The molecule has 3 aliphatic carbocycles. The van der Waals surface area contributed by atoms with Gasteiger partial charge < -0.3 is 10.2 Å². The third kappa shape index (κ3) is 3.23. The molecule has 2 aromatic rings. The van der Waals surface area contributed by atoms with Crippen LogP contribution in [0.2, 0.25) is 0 Å². The Balaban J connectivity index is 1.60. The summed E-state index contributed by atoms with van der Waals surface area (Å²) in [6, 6.07) is 15.4. The predicted molar refractivity (Wildman–Crippen MR) is 126 cm³/mol. The van der Waals surface area contributed by atoms with Crippen molar-refractivity contribution in [3.8, 4) is 5.75 Å². The fraction of sp³-hybridized carbons (Fsp3) is 0.538. The van der Waals surface area contributed by atoms with E-state index in [4.69, 9.17) is 0 Å². The third-order valence-electron chi connectivity index (χ3n) is 8.45. The predicted octanol–water partition coefficient (Wildman–Crippen LogP) is 5.98. The highest BCUT2D eigenvalue weighted by Crippen LogP contribution is 2.65. The number of aromatic hydroxyl groups is 1. The van der Waals surface area contributed by atoms with Crippen molar-refractivity contribution >= 4 is 22.6 Å². The zero-order chi connectivity index (χ0) is 20.2. The molecule has 0 aliphatic heterocycles. The Labute approximate surface area is 187 Å². The van der Waals surface area contributed by atoms with Crippen molar-refractivity contribution in [2.24, 2.45) is 17.3 Å². The van der Waals surface area contributed by atoms with E-state index in [0.29, 0.717) is 29.4 Å². The van der Waals surface area contributed by atoms with Crippen molar-refractivity contribution < 1.29 is 10.2 Å². The molecule has 0 aromatic heterocycles. The SMILES string of the molecule is C[C@]12C[C@H](c3ccc(CCI)cc3)[C@@H]3c4ccc(O)cc4CC[C@H]3[C@@H]1CC[C@@H]2O. The van der Waals surface area contributed by atoms with Gasteiger partial charge in [0.2, 0.25) is 0 Å². The van der Waals surface area contributed by atoms with E-state index >= 15 is 0 Å². The highest BCUT2D eigenvalue weighted by Gasteiger charge is 2.57. The highest BCUT2D eigenvalue weighted by atomic mass is 127. The standard InChI is InChI=1S/C26H31IO2/c1-26-15-22(17-4-2-16(3-5-17)12-13-27)25-20-9-7-19(28)14-18(20)6-8-21(25)23(26)10-11-24(26)29/h2-5,7,9,14,21-25,28-29H,6,8,10-13,15H2,1H3/t21-,22+,23-,24-,25+,26-/m0/s1. The molecule has 0 bridgehead atoms. The first-order valence-electron chi connectivity index (χ1n) is 11.2. The van der Waals surface area contributed by atoms with Crippen LogP contribution in [0.15, 0.2) is 42.5 Å². The monoisotopic (exact) mass is 502 g/mol. The van der Waals surface area contributed by atoms with Crippen LogP contribution in [-0.4, -0.2) is 20.7 Å². The van der Waals surface area contributed by atoms with E-state index in [1.165, 1.54) is 28.7 Å². The molecular weight excluding hydrogens is 471 g/mol. The first-order valence-corrected chi connectivity index (χ1v) is 12.7. The molecule has 0 radical (unpaired) electrons. The molecule has 29 heavy (non-hydrogen) atoms. The summed E-state index contributed by atoms with van der Waals surface area (Å²) >= 11 is 2.44. The minimum atomic E-state index is -0.171. The number of halogens is 1. The lowest BCUT2D eigenvalue weighted by Crippen LogP contribution is -2.47. The minimum absolute atomic E-state index is 0.0289. The van der Waals surface area contributed by atoms with E-state index in [1.54, 1.807) is 0 Å². The van der Waals surface area contributed by atoms with Crippen molar-refractivity contribution in [3.05, 3.63) is 64.7 Å². The van der Waals surface area contributed by atoms with Crippen LogP contribution in [0.25, 0.3) is 0 Å². The van der Waals surface area contributed by atoms with Gasteiger partial charge in [0.1, 0.15) is 5.75 Å². The molecule has 0 heterocycles. The van der Waals surface area contributed by atoms with Crippen LogP contribution < -0.4 is 0 Å². The van der Waals surface area contributed by atoms with Crippen LogP contribution in [0.3, 0.4) is 0 Å². The number of benzene rings is 2. The topological polar surface area (TPSA) is 40.5 Å². The van der Waals surface area contributed by atoms with Crippen molar-refractivity contribution in [1.82, 2.24) is 0 Å². The molecule has 0 amide bonds. The zero-order valence-electron chi connectivity index (χ0n) is 17.2. The summed E-state index contributed by atoms with van der Waals surface area (Å²) < 4.78 is 1.15. The number of rotatable bonds is 3. The maximum atomic E-state index is 11.0. The lowest BCUT2D eigenvalue weighted by Gasteiger charge is -2.54. The number of hydrogen-bond acceptors (Lipinski definition) is 2. The Kier molecular flexibility index (Phi) is 5.18. The Morgan fingerprint density at radius 1 is 1.07 bits per heavy atom. The summed E-state index contributed by atoms with van der Waals surface area (Å²) in [6.07, 6.45) is 6.36. The molecule has 3 heteroatoms. The fourth-order valence-electron chi connectivity index (χ4n) is 7.03. The van der Waals surface area contributed by atoms with Crippen LogP contribution in [0, 0.1) is 17.3 Å². The molecule has 2 saturated carbocycles. The van der Waals surface area contributed by atoms with Crippen molar-refractivity contribution in [2.75, 3.05) is 4.43 Å². The maximum Gasteiger partial charge on any atom is 0.115 e. The molecule has 2 nitrogen and oxygen atoms in total. The Hall–Kier alpha value is -1.07. The van der Waals surface area contributed by atoms with E-state index in [9.17, 15) is 10.2 Å². The smallest absolute Gasteiger partial charge is 0.115 e. The average Bonchev–Trinajstić information content (AvgIpc) is 3.02. The van der Waals surface area contributed by atoms with Gasteiger partial charge in [-0.2, -0.15) is 0 Å². The summed E-state index contributed by atoms with van der Waals surface area (Å²) in [5, 5.41) is 21.0. The second-order valence-corrected chi connectivity index (χ2v) is 10.9. The number of aliphatic hydroxyl groups excluding tert-OH is 1. The Bertz CT molecular complexity index is 892. The number of aryl methyl sites for hydroxylation is 2. The fourth-order valence-corrected chi connectivity index (χ4v) is 7.66. The number of phenolic OH excluding ortho intramolecular Hbond substituents is 1. The number of hydrogen-bond donors (Lipinski definition) is 2. The molecule has 154 valence electrons. The van der Waals surface area contributed by atoms with Crippen molar-refractivity contribution in [3.63, 3.8) is 0 Å². The molecular formula is C26H31IO2. The first kappa shape index (κ1) is 19.9. The summed E-state index contributed by atoms with van der Waals surface area (Å²) in [5.41, 5.74) is 5.65. The molecule has 5 rings (SSSR count). The van der Waals surface area contributed by atoms with Gasteiger partial charge in [0.05, 0.1) is 6.10 Å². The molecule has 6 atom stereocenters. The summed E-state index contributed by atoms with van der Waals surface area (Å²) in [6.45, 7) is 2.36. The summed E-state index contributed by atoms with van der Waals surface area (Å²) in [7, 11) is 0. The van der Waals surface area contributed by atoms with Crippen LogP contribution in [-0.2, 0) is 12.8 Å². The van der Waals surface area contributed by atoms with Gasteiger partial charge in [-0.15, -0.1) is 0 Å². The lowest BCUT2D eigenvalue weighted by molar-refractivity contribution is -0.0322. The number of aliphatic hydroxyl groups is 1. The Morgan fingerprint density at radius 3 is 2.62 bits per heavy atom. The maximum absolute atomic E-state index is 11.0. The van der Waals surface area contributed by atoms with Crippen LogP contribution in [0.4, 0.5) is 0 Å². The van der Waals surface area contributed by atoms with Gasteiger partial charge in [-0.05, 0) is 102 Å². The number of fused-ring (bicyclic) bond motifs is 5. The van der Waals surface area contributed by atoms with Crippen molar-refractivity contribution in [2.45, 2.75) is 63.4 Å². The number of phenols is 1. The van der Waals surface area contributed by atoms with Gasteiger partial charge in [0.15, 0.2) is 0 Å². The van der Waals surface area contributed by atoms with Gasteiger partial charge in [0.25, 0.3) is 0 Å². The molecule has 2 aromatic carbocycles. The van der Waals surface area contributed by atoms with Gasteiger partial charge >= 0.3 is 0 Å². The number of alkyl halides is 1. The van der Waals surface area contributed by atoms with Crippen LogP contribution >= 0.6 is 22.6 Å². The zero-order valence-corrected chi connectivity index (χ0v) is 19.3. The minimum Gasteiger partial charge on any atom is -0.508 e. The van der Waals surface area contributed by atoms with E-state index in [1.807, 2.05) is 12.1 Å². The molecule has 2 N–H and O–H groups in total. The molecule has 0 saturated heterocycles. The van der Waals surface area contributed by atoms with Gasteiger partial charge in [-0.1, -0.05) is 59.8 Å². The largest absolute Gasteiger partial charge is 0.508 e. The van der Waals surface area contributed by atoms with Gasteiger partial charge in [0, 0.05) is 4.43 Å². The average molecular weight is 502 g/mol. The van der Waals surface area contributed by atoms with Gasteiger partial charge in [-0.3, -0.25) is 0 Å². The van der Waals surface area contributed by atoms with E-state index < -0.39 is 0 Å². The van der Waals surface area contributed by atoms with Crippen molar-refractivity contribution in [1.29, 1.82) is 0 Å². The molecule has 0 unspecified atom stereocenters. The van der Waals surface area contributed by atoms with E-state index in [2.05, 4.69) is 59.8 Å². The van der Waals surface area contributed by atoms with Crippen LogP contribution in [0.5, 0.6) is 5.75 Å². The lowest BCUT2D eigenvalue weighted by atomic mass is 9.51.